The second-order valence-corrected chi connectivity index (χ2v) is 9.84. The lowest BCUT2D eigenvalue weighted by Gasteiger charge is -2.32. The molecule has 2 N–H and O–H groups in total. The molecule has 2 aromatic carbocycles. The molecule has 2 heterocycles. The van der Waals surface area contributed by atoms with Gasteiger partial charge in [-0.25, -0.2) is 4.39 Å². The van der Waals surface area contributed by atoms with Crippen LogP contribution in [0.25, 0.3) is 0 Å². The third-order valence-corrected chi connectivity index (χ3v) is 6.84. The van der Waals surface area contributed by atoms with Crippen LogP contribution < -0.4 is 15.5 Å². The number of anilines is 1. The highest BCUT2D eigenvalue weighted by atomic mass is 32.1. The fourth-order valence-corrected chi connectivity index (χ4v) is 4.61. The molecule has 0 saturated heterocycles. The zero-order valence-corrected chi connectivity index (χ0v) is 21.8. The van der Waals surface area contributed by atoms with Crippen molar-refractivity contribution in [2.24, 2.45) is 0 Å². The molecular formula is C29H28FN3O4S. The number of halogens is 1. The van der Waals surface area contributed by atoms with Crippen molar-refractivity contribution in [1.29, 1.82) is 0 Å². The zero-order valence-electron chi connectivity index (χ0n) is 21.0. The predicted octanol–water partition coefficient (Wildman–Crippen LogP) is 5.42. The number of nitrogens with zero attached hydrogens (tertiary/aromatic N) is 1. The Hall–Kier alpha value is -4.24. The molecule has 0 aliphatic heterocycles. The topological polar surface area (TPSA) is 91.7 Å². The SMILES string of the molecule is CC(C)c1ccc(N(C(=O)CNC(=O)c2cccs2)C(C(=O)NCc2ccco2)c2ccccc2F)cc1. The van der Waals surface area contributed by atoms with Gasteiger partial charge in [-0.05, 0) is 53.3 Å². The van der Waals surface area contributed by atoms with Crippen molar-refractivity contribution in [2.75, 3.05) is 11.4 Å². The zero-order chi connectivity index (χ0) is 27.1. The molecule has 38 heavy (non-hydrogen) atoms. The normalized spacial score (nSPS) is 11.7. The number of thiophene rings is 1. The van der Waals surface area contributed by atoms with Crippen LogP contribution in [-0.2, 0) is 16.1 Å². The van der Waals surface area contributed by atoms with Crippen LogP contribution in [0.1, 0.15) is 52.4 Å². The first-order valence-electron chi connectivity index (χ1n) is 12.1. The number of hydrogen-bond acceptors (Lipinski definition) is 5. The molecule has 0 radical (unpaired) electrons. The van der Waals surface area contributed by atoms with Gasteiger partial charge in [-0.15, -0.1) is 11.3 Å². The average Bonchev–Trinajstić information content (AvgIpc) is 3.64. The molecule has 4 aromatic rings. The Bertz CT molecular complexity index is 1370. The van der Waals surface area contributed by atoms with Crippen LogP contribution in [-0.4, -0.2) is 24.3 Å². The Morgan fingerprint density at radius 2 is 1.71 bits per heavy atom. The van der Waals surface area contributed by atoms with Gasteiger partial charge in [-0.2, -0.15) is 0 Å². The number of amides is 3. The van der Waals surface area contributed by atoms with E-state index >= 15 is 4.39 Å². The van der Waals surface area contributed by atoms with Gasteiger partial charge in [0.25, 0.3) is 5.91 Å². The Balaban J connectivity index is 1.71. The summed E-state index contributed by atoms with van der Waals surface area (Å²) in [6, 6.07) is 18.4. The van der Waals surface area contributed by atoms with Gasteiger partial charge in [-0.3, -0.25) is 19.3 Å². The minimum atomic E-state index is -1.35. The molecule has 3 amide bonds. The highest BCUT2D eigenvalue weighted by Crippen LogP contribution is 2.31. The van der Waals surface area contributed by atoms with E-state index in [1.54, 1.807) is 47.8 Å². The van der Waals surface area contributed by atoms with Crippen LogP contribution in [0.15, 0.2) is 88.9 Å². The van der Waals surface area contributed by atoms with Gasteiger partial charge in [0.1, 0.15) is 17.6 Å². The number of carbonyl (C=O) groups is 3. The monoisotopic (exact) mass is 533 g/mol. The molecular weight excluding hydrogens is 505 g/mol. The Labute approximate surface area is 224 Å². The van der Waals surface area contributed by atoms with Crippen LogP contribution >= 0.6 is 11.3 Å². The van der Waals surface area contributed by atoms with Gasteiger partial charge < -0.3 is 15.1 Å². The van der Waals surface area contributed by atoms with Gasteiger partial charge in [0, 0.05) is 11.3 Å². The summed E-state index contributed by atoms with van der Waals surface area (Å²) in [4.78, 5) is 41.5. The largest absolute Gasteiger partial charge is 0.467 e. The molecule has 1 atom stereocenters. The van der Waals surface area contributed by atoms with Crippen LogP contribution in [0.4, 0.5) is 10.1 Å². The summed E-state index contributed by atoms with van der Waals surface area (Å²) in [5, 5.41) is 7.13. The predicted molar refractivity (Wildman–Crippen MR) is 144 cm³/mol. The molecule has 0 aliphatic rings. The summed E-state index contributed by atoms with van der Waals surface area (Å²) in [7, 11) is 0. The quantitative estimate of drug-likeness (QED) is 0.285. The van der Waals surface area contributed by atoms with Crippen LogP contribution in [0, 0.1) is 5.82 Å². The number of benzene rings is 2. The van der Waals surface area contributed by atoms with Crippen molar-refractivity contribution in [3.05, 3.63) is 112 Å². The number of nitrogens with one attached hydrogen (secondary N) is 2. The molecule has 196 valence electrons. The second-order valence-electron chi connectivity index (χ2n) is 8.89. The Kier molecular flexibility index (Phi) is 8.70. The van der Waals surface area contributed by atoms with Crippen molar-refractivity contribution in [1.82, 2.24) is 10.6 Å². The molecule has 4 rings (SSSR count). The van der Waals surface area contributed by atoms with Crippen LogP contribution in [0.5, 0.6) is 0 Å². The first-order valence-corrected chi connectivity index (χ1v) is 13.0. The minimum Gasteiger partial charge on any atom is -0.467 e. The van der Waals surface area contributed by atoms with E-state index in [-0.39, 0.29) is 24.6 Å². The van der Waals surface area contributed by atoms with Crippen molar-refractivity contribution in [3.8, 4) is 0 Å². The highest BCUT2D eigenvalue weighted by molar-refractivity contribution is 7.12. The Morgan fingerprint density at radius 3 is 2.34 bits per heavy atom. The molecule has 9 heteroatoms. The standard InChI is InChI=1S/C29H28FN3O4S/c1-19(2)20-11-13-21(14-12-20)33(26(34)18-32-28(35)25-10-6-16-38-25)27(23-8-3-4-9-24(23)30)29(36)31-17-22-7-5-15-37-22/h3-16,19,27H,17-18H2,1-2H3,(H,31,36)(H,32,35). The molecule has 0 aliphatic carbocycles. The van der Waals surface area contributed by atoms with E-state index in [4.69, 9.17) is 4.42 Å². The Morgan fingerprint density at radius 1 is 0.947 bits per heavy atom. The fraction of sp³-hybridized carbons (Fsp3) is 0.207. The number of hydrogen-bond donors (Lipinski definition) is 2. The van der Waals surface area contributed by atoms with Gasteiger partial charge in [-0.1, -0.05) is 50.2 Å². The summed E-state index contributed by atoms with van der Waals surface area (Å²) < 4.78 is 20.4. The number of rotatable bonds is 10. The fourth-order valence-electron chi connectivity index (χ4n) is 3.97. The van der Waals surface area contributed by atoms with E-state index in [1.807, 2.05) is 26.0 Å². The lowest BCUT2D eigenvalue weighted by atomic mass is 10.00. The average molecular weight is 534 g/mol. The van der Waals surface area contributed by atoms with Crippen LogP contribution in [0.3, 0.4) is 0 Å². The lowest BCUT2D eigenvalue weighted by molar-refractivity contribution is -0.126. The molecule has 0 bridgehead atoms. The van der Waals surface area contributed by atoms with E-state index in [1.165, 1.54) is 40.7 Å². The molecule has 0 spiro atoms. The second kappa shape index (κ2) is 12.3. The first kappa shape index (κ1) is 26.8. The molecule has 0 saturated carbocycles. The van der Waals surface area contributed by atoms with E-state index in [0.29, 0.717) is 16.3 Å². The summed E-state index contributed by atoms with van der Waals surface area (Å²) >= 11 is 1.25. The maximum Gasteiger partial charge on any atom is 0.261 e. The molecule has 2 aromatic heterocycles. The lowest BCUT2D eigenvalue weighted by Crippen LogP contribution is -2.47. The third-order valence-electron chi connectivity index (χ3n) is 5.98. The summed E-state index contributed by atoms with van der Waals surface area (Å²) in [6.45, 7) is 3.75. The number of furan rings is 1. The van der Waals surface area contributed by atoms with Gasteiger partial charge in [0.05, 0.1) is 24.2 Å². The van der Waals surface area contributed by atoms with Crippen molar-refractivity contribution in [2.45, 2.75) is 32.4 Å². The number of carbonyl (C=O) groups excluding carboxylic acids is 3. The van der Waals surface area contributed by atoms with Crippen molar-refractivity contribution >= 4 is 34.7 Å². The van der Waals surface area contributed by atoms with Crippen molar-refractivity contribution < 1.29 is 23.2 Å². The summed E-state index contributed by atoms with van der Waals surface area (Å²) in [5.41, 5.74) is 1.46. The smallest absolute Gasteiger partial charge is 0.261 e. The van der Waals surface area contributed by atoms with Gasteiger partial charge in [0.15, 0.2) is 0 Å². The van der Waals surface area contributed by atoms with E-state index < -0.39 is 29.6 Å². The summed E-state index contributed by atoms with van der Waals surface area (Å²) in [6.07, 6.45) is 1.48. The maximum atomic E-state index is 15.1. The van der Waals surface area contributed by atoms with Gasteiger partial charge >= 0.3 is 0 Å². The van der Waals surface area contributed by atoms with Gasteiger partial charge in [0.2, 0.25) is 11.8 Å². The third kappa shape index (κ3) is 6.36. The minimum absolute atomic E-state index is 0.0234. The van der Waals surface area contributed by atoms with Crippen molar-refractivity contribution in [3.63, 3.8) is 0 Å². The van der Waals surface area contributed by atoms with E-state index in [0.717, 1.165) is 5.56 Å². The van der Waals surface area contributed by atoms with E-state index in [2.05, 4.69) is 10.6 Å². The van der Waals surface area contributed by atoms with E-state index in [9.17, 15) is 14.4 Å². The maximum absolute atomic E-state index is 15.1. The van der Waals surface area contributed by atoms with Crippen LogP contribution in [0.2, 0.25) is 0 Å². The highest BCUT2D eigenvalue weighted by Gasteiger charge is 2.34. The molecule has 0 fully saturated rings. The molecule has 1 unspecified atom stereocenters. The summed E-state index contributed by atoms with van der Waals surface area (Å²) in [5.74, 6) is -1.46. The first-order chi connectivity index (χ1) is 18.3. The molecule has 7 nitrogen and oxygen atoms in total.